The Kier molecular flexibility index (Phi) is 5.74. The lowest BCUT2D eigenvalue weighted by Crippen LogP contribution is -2.39. The van der Waals surface area contributed by atoms with Gasteiger partial charge >= 0.3 is 0 Å². The third-order valence-corrected chi connectivity index (χ3v) is 3.41. The van der Waals surface area contributed by atoms with E-state index in [2.05, 4.69) is 47.1 Å². The molecule has 0 fully saturated rings. The highest BCUT2D eigenvalue weighted by Gasteiger charge is 2.09. The van der Waals surface area contributed by atoms with E-state index in [0.29, 0.717) is 12.5 Å². The van der Waals surface area contributed by atoms with Crippen LogP contribution in [0.5, 0.6) is 0 Å². The van der Waals surface area contributed by atoms with Gasteiger partial charge in [0.15, 0.2) is 0 Å². The van der Waals surface area contributed by atoms with E-state index in [1.165, 1.54) is 3.57 Å². The lowest BCUT2D eigenvalue weighted by atomic mass is 10.1. The standard InChI is InChI=1S/C13H19IN2O/c1-9(2)10(3)16-13(17)8-15-12-6-4-11(14)5-7-12/h4-7,9-10,15H,8H2,1-3H3,(H,16,17). The second-order valence-electron chi connectivity index (χ2n) is 4.46. The topological polar surface area (TPSA) is 41.1 Å². The Bertz CT molecular complexity index is 362. The van der Waals surface area contributed by atoms with Gasteiger partial charge in [-0.25, -0.2) is 0 Å². The Morgan fingerprint density at radius 1 is 1.24 bits per heavy atom. The number of hydrogen-bond donors (Lipinski definition) is 2. The highest BCUT2D eigenvalue weighted by molar-refractivity contribution is 14.1. The fraction of sp³-hybridized carbons (Fsp3) is 0.462. The van der Waals surface area contributed by atoms with Gasteiger partial charge in [0, 0.05) is 15.3 Å². The van der Waals surface area contributed by atoms with Crippen molar-refractivity contribution in [1.29, 1.82) is 0 Å². The number of nitrogens with one attached hydrogen (secondary N) is 2. The first kappa shape index (κ1) is 14.3. The Hall–Kier alpha value is -0.780. The summed E-state index contributed by atoms with van der Waals surface area (Å²) in [6.07, 6.45) is 0. The molecule has 3 nitrogen and oxygen atoms in total. The van der Waals surface area contributed by atoms with Crippen molar-refractivity contribution in [2.24, 2.45) is 5.92 Å². The molecular formula is C13H19IN2O. The third-order valence-electron chi connectivity index (χ3n) is 2.69. The van der Waals surface area contributed by atoms with Gasteiger partial charge in [-0.2, -0.15) is 0 Å². The maximum absolute atomic E-state index is 11.6. The Labute approximate surface area is 117 Å². The largest absolute Gasteiger partial charge is 0.376 e. The average molecular weight is 346 g/mol. The molecule has 0 heterocycles. The molecule has 94 valence electrons. The molecule has 2 N–H and O–H groups in total. The predicted octanol–water partition coefficient (Wildman–Crippen LogP) is 2.86. The predicted molar refractivity (Wildman–Crippen MR) is 80.1 cm³/mol. The van der Waals surface area contributed by atoms with Crippen molar-refractivity contribution in [2.75, 3.05) is 11.9 Å². The summed E-state index contributed by atoms with van der Waals surface area (Å²) in [6.45, 7) is 6.53. The van der Waals surface area contributed by atoms with Crippen molar-refractivity contribution in [3.8, 4) is 0 Å². The van der Waals surface area contributed by atoms with E-state index >= 15 is 0 Å². The molecule has 1 aromatic rings. The summed E-state index contributed by atoms with van der Waals surface area (Å²) in [7, 11) is 0. The minimum Gasteiger partial charge on any atom is -0.376 e. The van der Waals surface area contributed by atoms with E-state index in [1.807, 2.05) is 31.2 Å². The van der Waals surface area contributed by atoms with Crippen LogP contribution in [0.1, 0.15) is 20.8 Å². The van der Waals surface area contributed by atoms with Crippen LogP contribution < -0.4 is 10.6 Å². The zero-order chi connectivity index (χ0) is 12.8. The van der Waals surface area contributed by atoms with Crippen LogP contribution in [0.3, 0.4) is 0 Å². The molecule has 0 spiro atoms. The van der Waals surface area contributed by atoms with Crippen LogP contribution >= 0.6 is 22.6 Å². The molecule has 1 unspecified atom stereocenters. The van der Waals surface area contributed by atoms with Crippen LogP contribution in [0.25, 0.3) is 0 Å². The van der Waals surface area contributed by atoms with Gasteiger partial charge in [-0.1, -0.05) is 13.8 Å². The minimum atomic E-state index is 0.0322. The lowest BCUT2D eigenvalue weighted by Gasteiger charge is -2.17. The van der Waals surface area contributed by atoms with Crippen LogP contribution in [0, 0.1) is 9.49 Å². The third kappa shape index (κ3) is 5.39. The molecule has 0 saturated carbocycles. The van der Waals surface area contributed by atoms with Crippen LogP contribution in [0.15, 0.2) is 24.3 Å². The molecule has 0 saturated heterocycles. The van der Waals surface area contributed by atoms with Gasteiger partial charge in [0.05, 0.1) is 6.54 Å². The molecule has 0 aliphatic heterocycles. The van der Waals surface area contributed by atoms with Crippen LogP contribution in [0.4, 0.5) is 5.69 Å². The highest BCUT2D eigenvalue weighted by Crippen LogP contribution is 2.10. The number of anilines is 1. The number of amides is 1. The molecule has 1 rings (SSSR count). The summed E-state index contributed by atoms with van der Waals surface area (Å²) < 4.78 is 1.19. The molecule has 0 aromatic heterocycles. The van der Waals surface area contributed by atoms with Crippen molar-refractivity contribution < 1.29 is 4.79 Å². The first-order valence-electron chi connectivity index (χ1n) is 5.78. The monoisotopic (exact) mass is 346 g/mol. The molecule has 1 atom stereocenters. The Morgan fingerprint density at radius 2 is 1.82 bits per heavy atom. The van der Waals surface area contributed by atoms with E-state index in [-0.39, 0.29) is 11.9 Å². The van der Waals surface area contributed by atoms with Crippen molar-refractivity contribution in [3.05, 3.63) is 27.8 Å². The zero-order valence-electron chi connectivity index (χ0n) is 10.5. The second-order valence-corrected chi connectivity index (χ2v) is 5.71. The Balaban J connectivity index is 2.35. The van der Waals surface area contributed by atoms with Gasteiger partial charge in [0.2, 0.25) is 5.91 Å². The number of carbonyl (C=O) groups is 1. The van der Waals surface area contributed by atoms with E-state index in [0.717, 1.165) is 5.69 Å². The Morgan fingerprint density at radius 3 is 2.35 bits per heavy atom. The smallest absolute Gasteiger partial charge is 0.239 e. The fourth-order valence-electron chi connectivity index (χ4n) is 1.22. The summed E-state index contributed by atoms with van der Waals surface area (Å²) in [5.74, 6) is 0.488. The number of hydrogen-bond acceptors (Lipinski definition) is 2. The maximum atomic E-state index is 11.6. The summed E-state index contributed by atoms with van der Waals surface area (Å²) in [5.41, 5.74) is 0.970. The highest BCUT2D eigenvalue weighted by atomic mass is 127. The van der Waals surface area contributed by atoms with Crippen molar-refractivity contribution in [2.45, 2.75) is 26.8 Å². The van der Waals surface area contributed by atoms with Crippen molar-refractivity contribution >= 4 is 34.2 Å². The van der Waals surface area contributed by atoms with E-state index in [1.54, 1.807) is 0 Å². The molecular weight excluding hydrogens is 327 g/mol. The number of benzene rings is 1. The van der Waals surface area contributed by atoms with Crippen LogP contribution in [0.2, 0.25) is 0 Å². The van der Waals surface area contributed by atoms with Crippen molar-refractivity contribution in [3.63, 3.8) is 0 Å². The molecule has 1 aromatic carbocycles. The number of rotatable bonds is 5. The number of halogens is 1. The average Bonchev–Trinajstić information content (AvgIpc) is 2.28. The number of carbonyl (C=O) groups excluding carboxylic acids is 1. The van der Waals surface area contributed by atoms with Crippen LogP contribution in [-0.4, -0.2) is 18.5 Å². The molecule has 0 bridgehead atoms. The van der Waals surface area contributed by atoms with Gasteiger partial charge in [-0.3, -0.25) is 4.79 Å². The molecule has 0 aliphatic rings. The summed E-state index contributed by atoms with van der Waals surface area (Å²) in [4.78, 5) is 11.6. The first-order chi connectivity index (χ1) is 7.99. The molecule has 4 heteroatoms. The first-order valence-corrected chi connectivity index (χ1v) is 6.85. The summed E-state index contributed by atoms with van der Waals surface area (Å²) in [5, 5.41) is 6.06. The van der Waals surface area contributed by atoms with Crippen LogP contribution in [-0.2, 0) is 4.79 Å². The molecule has 0 aliphatic carbocycles. The molecule has 17 heavy (non-hydrogen) atoms. The second kappa shape index (κ2) is 6.83. The quantitative estimate of drug-likeness (QED) is 0.805. The maximum Gasteiger partial charge on any atom is 0.239 e. The zero-order valence-corrected chi connectivity index (χ0v) is 12.6. The molecule has 1 amide bonds. The van der Waals surface area contributed by atoms with Gasteiger partial charge in [0.1, 0.15) is 0 Å². The molecule has 0 radical (unpaired) electrons. The summed E-state index contributed by atoms with van der Waals surface area (Å²) in [6, 6.07) is 8.18. The summed E-state index contributed by atoms with van der Waals surface area (Å²) >= 11 is 2.25. The van der Waals surface area contributed by atoms with Crippen molar-refractivity contribution in [1.82, 2.24) is 5.32 Å². The van der Waals surface area contributed by atoms with E-state index < -0.39 is 0 Å². The SMILES string of the molecule is CC(C)C(C)NC(=O)CNc1ccc(I)cc1. The van der Waals surface area contributed by atoms with E-state index in [9.17, 15) is 4.79 Å². The lowest BCUT2D eigenvalue weighted by molar-refractivity contribution is -0.120. The van der Waals surface area contributed by atoms with Gasteiger partial charge in [-0.15, -0.1) is 0 Å². The fourth-order valence-corrected chi connectivity index (χ4v) is 1.58. The minimum absolute atomic E-state index is 0.0322. The van der Waals surface area contributed by atoms with E-state index in [4.69, 9.17) is 0 Å². The van der Waals surface area contributed by atoms with Gasteiger partial charge < -0.3 is 10.6 Å². The normalized spacial score (nSPS) is 12.3. The van der Waals surface area contributed by atoms with Gasteiger partial charge in [-0.05, 0) is 59.7 Å². The van der Waals surface area contributed by atoms with Gasteiger partial charge in [0.25, 0.3) is 0 Å².